The number of hydrogen-bond acceptors (Lipinski definition) is 4. The number of hydrogen-bond donors (Lipinski definition) is 1. The number of esters is 1. The Morgan fingerprint density at radius 2 is 2.00 bits per heavy atom. The number of nitrogens with two attached hydrogens (primary N) is 1. The van der Waals surface area contributed by atoms with Crippen molar-refractivity contribution in [1.82, 2.24) is 0 Å². The van der Waals surface area contributed by atoms with E-state index in [1.54, 1.807) is 7.11 Å². The average molecular weight is 189 g/mol. The molecule has 0 aromatic heterocycles. The third-order valence-corrected chi connectivity index (χ3v) is 1.81. The predicted octanol–water partition coefficient (Wildman–Crippen LogP) is 0.549. The highest BCUT2D eigenvalue weighted by molar-refractivity contribution is 5.70. The van der Waals surface area contributed by atoms with Gasteiger partial charge in [0, 0.05) is 13.2 Å². The molecular formula is C9H19NO3. The second-order valence-electron chi connectivity index (χ2n) is 3.33. The molecule has 0 spiro atoms. The lowest BCUT2D eigenvalue weighted by Crippen LogP contribution is -2.30. The number of methoxy groups -OCH3 is 1. The van der Waals surface area contributed by atoms with Crippen LogP contribution in [0, 0.1) is 5.92 Å². The molecule has 0 radical (unpaired) electrons. The number of carbonyl (C=O) groups is 1. The van der Waals surface area contributed by atoms with Crippen LogP contribution in [0.2, 0.25) is 0 Å². The molecule has 0 aromatic rings. The fraction of sp³-hybridized carbons (Fsp3) is 0.889. The fourth-order valence-corrected chi connectivity index (χ4v) is 0.726. The summed E-state index contributed by atoms with van der Waals surface area (Å²) < 4.78 is 9.60. The molecule has 0 fully saturated rings. The molecule has 4 nitrogen and oxygen atoms in total. The first kappa shape index (κ1) is 12.4. The van der Waals surface area contributed by atoms with Crippen LogP contribution in [0.3, 0.4) is 0 Å². The first-order valence-corrected chi connectivity index (χ1v) is 4.48. The summed E-state index contributed by atoms with van der Waals surface area (Å²) in [5.74, 6) is 0.0493. The molecule has 0 saturated carbocycles. The molecule has 0 heterocycles. The van der Waals surface area contributed by atoms with E-state index in [-0.39, 0.29) is 18.4 Å². The van der Waals surface area contributed by atoms with Gasteiger partial charge in [-0.25, -0.2) is 0 Å². The highest BCUT2D eigenvalue weighted by atomic mass is 16.6. The number of rotatable bonds is 6. The zero-order valence-electron chi connectivity index (χ0n) is 8.58. The van der Waals surface area contributed by atoms with Crippen LogP contribution in [-0.2, 0) is 14.3 Å². The molecule has 0 rings (SSSR count). The van der Waals surface area contributed by atoms with E-state index in [2.05, 4.69) is 0 Å². The molecule has 1 atom stereocenters. The van der Waals surface area contributed by atoms with Crippen LogP contribution in [0.25, 0.3) is 0 Å². The highest BCUT2D eigenvalue weighted by Gasteiger charge is 2.13. The van der Waals surface area contributed by atoms with Crippen LogP contribution in [0.15, 0.2) is 0 Å². The van der Waals surface area contributed by atoms with Crippen molar-refractivity contribution in [3.8, 4) is 0 Å². The molecule has 78 valence electrons. The van der Waals surface area contributed by atoms with Gasteiger partial charge in [-0.1, -0.05) is 13.8 Å². The predicted molar refractivity (Wildman–Crippen MR) is 50.3 cm³/mol. The molecule has 0 amide bonds. The lowest BCUT2D eigenvalue weighted by atomic mass is 10.0. The Hall–Kier alpha value is -0.610. The Balaban J connectivity index is 3.50. The summed E-state index contributed by atoms with van der Waals surface area (Å²) in [6, 6.07) is -0.116. The standard InChI is InChI=1S/C9H19NO3/c1-7(2)8(10)6-9(11)13-5-4-12-3/h7-8H,4-6,10H2,1-3H3. The van der Waals surface area contributed by atoms with Crippen LogP contribution in [0.4, 0.5) is 0 Å². The van der Waals surface area contributed by atoms with Gasteiger partial charge in [0.05, 0.1) is 13.0 Å². The van der Waals surface area contributed by atoms with Gasteiger partial charge in [-0.3, -0.25) is 4.79 Å². The maximum atomic E-state index is 11.1. The van der Waals surface area contributed by atoms with Gasteiger partial charge in [0.2, 0.25) is 0 Å². The van der Waals surface area contributed by atoms with Crippen LogP contribution in [0.5, 0.6) is 0 Å². The summed E-state index contributed by atoms with van der Waals surface area (Å²) in [6.45, 7) is 4.70. The summed E-state index contributed by atoms with van der Waals surface area (Å²) in [6.07, 6.45) is 0.279. The quantitative estimate of drug-likeness (QED) is 0.489. The maximum Gasteiger partial charge on any atom is 0.307 e. The van der Waals surface area contributed by atoms with Crippen LogP contribution >= 0.6 is 0 Å². The highest BCUT2D eigenvalue weighted by Crippen LogP contribution is 2.03. The molecule has 0 aliphatic carbocycles. The van der Waals surface area contributed by atoms with E-state index in [0.717, 1.165) is 0 Å². The van der Waals surface area contributed by atoms with Gasteiger partial charge in [0.25, 0.3) is 0 Å². The van der Waals surface area contributed by atoms with Crippen molar-refractivity contribution in [3.05, 3.63) is 0 Å². The monoisotopic (exact) mass is 189 g/mol. The molecule has 0 saturated heterocycles. The fourth-order valence-electron chi connectivity index (χ4n) is 0.726. The smallest absolute Gasteiger partial charge is 0.307 e. The Labute approximate surface area is 79.4 Å². The van der Waals surface area contributed by atoms with E-state index < -0.39 is 0 Å². The van der Waals surface area contributed by atoms with Crippen LogP contribution in [-0.4, -0.2) is 32.3 Å². The SMILES string of the molecule is COCCOC(=O)CC(N)C(C)C. The van der Waals surface area contributed by atoms with Gasteiger partial charge in [-0.15, -0.1) is 0 Å². The first-order valence-electron chi connectivity index (χ1n) is 4.48. The zero-order chi connectivity index (χ0) is 10.3. The lowest BCUT2D eigenvalue weighted by Gasteiger charge is -2.14. The summed E-state index contributed by atoms with van der Waals surface area (Å²) in [5.41, 5.74) is 5.69. The Morgan fingerprint density at radius 3 is 2.46 bits per heavy atom. The molecule has 13 heavy (non-hydrogen) atoms. The van der Waals surface area contributed by atoms with Crippen molar-refractivity contribution in [2.45, 2.75) is 26.3 Å². The molecular weight excluding hydrogens is 170 g/mol. The first-order chi connectivity index (χ1) is 6.07. The van der Waals surface area contributed by atoms with Gasteiger partial charge in [-0.2, -0.15) is 0 Å². The van der Waals surface area contributed by atoms with Gasteiger partial charge >= 0.3 is 5.97 Å². The van der Waals surface area contributed by atoms with E-state index in [1.165, 1.54) is 0 Å². The van der Waals surface area contributed by atoms with Crippen molar-refractivity contribution >= 4 is 5.97 Å². The summed E-state index contributed by atoms with van der Waals surface area (Å²) >= 11 is 0. The molecule has 0 aliphatic heterocycles. The lowest BCUT2D eigenvalue weighted by molar-refractivity contribution is -0.145. The van der Waals surface area contributed by atoms with Gasteiger partial charge in [0.15, 0.2) is 0 Å². The minimum atomic E-state index is -0.252. The van der Waals surface area contributed by atoms with Crippen molar-refractivity contribution in [2.24, 2.45) is 11.7 Å². The second-order valence-corrected chi connectivity index (χ2v) is 3.33. The van der Waals surface area contributed by atoms with E-state index in [4.69, 9.17) is 15.2 Å². The molecule has 0 aromatic carbocycles. The van der Waals surface area contributed by atoms with Crippen molar-refractivity contribution < 1.29 is 14.3 Å². The molecule has 1 unspecified atom stereocenters. The van der Waals surface area contributed by atoms with E-state index in [1.807, 2.05) is 13.8 Å². The van der Waals surface area contributed by atoms with Gasteiger partial charge < -0.3 is 15.2 Å². The number of carbonyl (C=O) groups excluding carboxylic acids is 1. The van der Waals surface area contributed by atoms with E-state index in [9.17, 15) is 4.79 Å². The Kier molecular flexibility index (Phi) is 6.54. The largest absolute Gasteiger partial charge is 0.463 e. The molecule has 0 bridgehead atoms. The minimum Gasteiger partial charge on any atom is -0.463 e. The van der Waals surface area contributed by atoms with Crippen LogP contribution < -0.4 is 5.73 Å². The van der Waals surface area contributed by atoms with Crippen molar-refractivity contribution in [3.63, 3.8) is 0 Å². The van der Waals surface area contributed by atoms with Gasteiger partial charge in [0.1, 0.15) is 6.61 Å². The Morgan fingerprint density at radius 1 is 1.38 bits per heavy atom. The van der Waals surface area contributed by atoms with E-state index >= 15 is 0 Å². The topological polar surface area (TPSA) is 61.5 Å². The van der Waals surface area contributed by atoms with E-state index in [0.29, 0.717) is 19.1 Å². The molecule has 2 N–H and O–H groups in total. The van der Waals surface area contributed by atoms with Crippen molar-refractivity contribution in [2.75, 3.05) is 20.3 Å². The van der Waals surface area contributed by atoms with Crippen LogP contribution in [0.1, 0.15) is 20.3 Å². The van der Waals surface area contributed by atoms with Gasteiger partial charge in [-0.05, 0) is 5.92 Å². The summed E-state index contributed by atoms with van der Waals surface area (Å²) in [4.78, 5) is 11.1. The number of ether oxygens (including phenoxy) is 2. The molecule has 4 heteroatoms. The Bertz CT molecular complexity index is 148. The zero-order valence-corrected chi connectivity index (χ0v) is 8.58. The third-order valence-electron chi connectivity index (χ3n) is 1.81. The summed E-state index contributed by atoms with van der Waals surface area (Å²) in [5, 5.41) is 0. The summed E-state index contributed by atoms with van der Waals surface area (Å²) in [7, 11) is 1.56. The second kappa shape index (κ2) is 6.86. The normalized spacial score (nSPS) is 13.0. The average Bonchev–Trinajstić information content (AvgIpc) is 2.04. The molecule has 0 aliphatic rings. The van der Waals surface area contributed by atoms with Crippen molar-refractivity contribution in [1.29, 1.82) is 0 Å². The maximum absolute atomic E-state index is 11.1. The minimum absolute atomic E-state index is 0.116. The third kappa shape index (κ3) is 6.54.